The van der Waals surface area contributed by atoms with Gasteiger partial charge >= 0.3 is 6.09 Å². The van der Waals surface area contributed by atoms with E-state index < -0.39 is 6.10 Å². The fraction of sp³-hybridized carbons (Fsp3) is 0.682. The quantitative estimate of drug-likeness (QED) is 0.774. The molecular formula is C22H34N2O4. The predicted octanol–water partition coefficient (Wildman–Crippen LogP) is 3.25. The first-order valence-electron chi connectivity index (χ1n) is 10.7. The van der Waals surface area contributed by atoms with E-state index in [9.17, 15) is 9.90 Å². The number of aliphatic hydroxyl groups excluding tert-OH is 1. The molecule has 1 aromatic rings. The van der Waals surface area contributed by atoms with Gasteiger partial charge in [-0.15, -0.1) is 0 Å². The van der Waals surface area contributed by atoms with E-state index in [0.29, 0.717) is 32.2 Å². The Kier molecular flexibility index (Phi) is 7.98. The number of rotatable bonds is 7. The van der Waals surface area contributed by atoms with Crippen molar-refractivity contribution < 1.29 is 19.4 Å². The van der Waals surface area contributed by atoms with Crippen LogP contribution in [0.25, 0.3) is 0 Å². The molecule has 28 heavy (non-hydrogen) atoms. The first-order valence-corrected chi connectivity index (χ1v) is 10.7. The third-order valence-corrected chi connectivity index (χ3v) is 5.77. The Hall–Kier alpha value is -1.79. The largest absolute Gasteiger partial charge is 0.491 e. The van der Waals surface area contributed by atoms with Gasteiger partial charge in [-0.1, -0.05) is 31.4 Å². The van der Waals surface area contributed by atoms with E-state index in [4.69, 9.17) is 9.47 Å². The number of piperazine rings is 1. The minimum atomic E-state index is -0.549. The van der Waals surface area contributed by atoms with Gasteiger partial charge in [-0.3, -0.25) is 4.90 Å². The summed E-state index contributed by atoms with van der Waals surface area (Å²) in [7, 11) is 0. The minimum Gasteiger partial charge on any atom is -0.491 e. The topological polar surface area (TPSA) is 62.2 Å². The zero-order valence-corrected chi connectivity index (χ0v) is 17.0. The molecule has 1 saturated carbocycles. The fourth-order valence-electron chi connectivity index (χ4n) is 4.14. The molecule has 2 fully saturated rings. The van der Waals surface area contributed by atoms with Crippen molar-refractivity contribution in [3.63, 3.8) is 0 Å². The molecule has 2 aliphatic rings. The average Bonchev–Trinajstić information content (AvgIpc) is 2.74. The average molecular weight is 391 g/mol. The number of hydrogen-bond acceptors (Lipinski definition) is 5. The van der Waals surface area contributed by atoms with Gasteiger partial charge < -0.3 is 19.5 Å². The number of benzene rings is 1. The predicted molar refractivity (Wildman–Crippen MR) is 109 cm³/mol. The third-order valence-electron chi connectivity index (χ3n) is 5.77. The van der Waals surface area contributed by atoms with Crippen molar-refractivity contribution in [2.24, 2.45) is 0 Å². The van der Waals surface area contributed by atoms with Gasteiger partial charge in [-0.2, -0.15) is 0 Å². The number of amides is 1. The van der Waals surface area contributed by atoms with Gasteiger partial charge in [0.05, 0.1) is 6.61 Å². The Balaban J connectivity index is 1.36. The van der Waals surface area contributed by atoms with Crippen LogP contribution in [0.1, 0.15) is 50.5 Å². The number of hydrogen-bond donors (Lipinski definition) is 1. The van der Waals surface area contributed by atoms with E-state index in [2.05, 4.69) is 17.0 Å². The van der Waals surface area contributed by atoms with Crippen LogP contribution in [0.2, 0.25) is 0 Å². The van der Waals surface area contributed by atoms with Crippen molar-refractivity contribution in [2.75, 3.05) is 45.9 Å². The highest BCUT2D eigenvalue weighted by atomic mass is 16.6. The zero-order chi connectivity index (χ0) is 19.8. The number of aliphatic hydroxyl groups is 1. The standard InChI is InChI=1S/C22H34N2O4/c1-2-27-22(26)24-14-12-23(13-15-24)16-20(25)17-28-21-10-8-19(9-11-21)18-6-4-3-5-7-18/h8-11,18,20,25H,2-7,12-17H2,1H3. The summed E-state index contributed by atoms with van der Waals surface area (Å²) in [6.07, 6.45) is 5.83. The van der Waals surface area contributed by atoms with Crippen LogP contribution in [-0.4, -0.2) is 73.0 Å². The van der Waals surface area contributed by atoms with Crippen LogP contribution in [0.5, 0.6) is 5.75 Å². The molecule has 1 atom stereocenters. The Morgan fingerprint density at radius 2 is 1.79 bits per heavy atom. The number of nitrogens with zero attached hydrogens (tertiary/aromatic N) is 2. The van der Waals surface area contributed by atoms with Crippen LogP contribution in [-0.2, 0) is 4.74 Å². The van der Waals surface area contributed by atoms with Crippen molar-refractivity contribution in [3.8, 4) is 5.75 Å². The van der Waals surface area contributed by atoms with E-state index in [1.807, 2.05) is 19.1 Å². The second-order valence-electron chi connectivity index (χ2n) is 7.86. The van der Waals surface area contributed by atoms with Crippen molar-refractivity contribution in [2.45, 2.75) is 51.0 Å². The van der Waals surface area contributed by atoms with Crippen molar-refractivity contribution >= 4 is 6.09 Å². The highest BCUT2D eigenvalue weighted by Crippen LogP contribution is 2.33. The first kappa shape index (κ1) is 20.9. The lowest BCUT2D eigenvalue weighted by Gasteiger charge is -2.34. The van der Waals surface area contributed by atoms with Gasteiger partial charge in [0, 0.05) is 32.7 Å². The Morgan fingerprint density at radius 1 is 1.11 bits per heavy atom. The summed E-state index contributed by atoms with van der Waals surface area (Å²) < 4.78 is 10.8. The highest BCUT2D eigenvalue weighted by Gasteiger charge is 2.23. The number of β-amino-alcohol motifs (C(OH)–C–C–N with tert-alkyl or cyclic N) is 1. The van der Waals surface area contributed by atoms with Crippen molar-refractivity contribution in [3.05, 3.63) is 29.8 Å². The second-order valence-corrected chi connectivity index (χ2v) is 7.86. The van der Waals surface area contributed by atoms with Gasteiger partial charge in [-0.25, -0.2) is 4.79 Å². The molecule has 1 unspecified atom stereocenters. The lowest BCUT2D eigenvalue weighted by molar-refractivity contribution is 0.0407. The van der Waals surface area contributed by atoms with Crippen molar-refractivity contribution in [1.29, 1.82) is 0 Å². The van der Waals surface area contributed by atoms with E-state index in [0.717, 1.165) is 18.8 Å². The molecule has 1 heterocycles. The van der Waals surface area contributed by atoms with Gasteiger partial charge in [0.1, 0.15) is 18.5 Å². The molecule has 0 aromatic heterocycles. The van der Waals surface area contributed by atoms with Crippen LogP contribution in [0.4, 0.5) is 4.79 Å². The lowest BCUT2D eigenvalue weighted by Crippen LogP contribution is -2.51. The van der Waals surface area contributed by atoms with Crippen molar-refractivity contribution in [1.82, 2.24) is 9.80 Å². The highest BCUT2D eigenvalue weighted by molar-refractivity contribution is 5.67. The van der Waals surface area contributed by atoms with Crippen LogP contribution in [0.3, 0.4) is 0 Å². The lowest BCUT2D eigenvalue weighted by atomic mass is 9.84. The van der Waals surface area contributed by atoms with Crippen LogP contribution in [0.15, 0.2) is 24.3 Å². The molecule has 1 aliphatic heterocycles. The van der Waals surface area contributed by atoms with E-state index >= 15 is 0 Å². The molecule has 0 radical (unpaired) electrons. The second kappa shape index (κ2) is 10.7. The monoisotopic (exact) mass is 390 g/mol. The Bertz CT molecular complexity index is 593. The molecular weight excluding hydrogens is 356 g/mol. The summed E-state index contributed by atoms with van der Waals surface area (Å²) in [5, 5.41) is 10.3. The molecule has 1 amide bonds. The van der Waals surface area contributed by atoms with Gasteiger partial charge in [0.25, 0.3) is 0 Å². The maximum Gasteiger partial charge on any atom is 0.409 e. The number of ether oxygens (including phenoxy) is 2. The van der Waals surface area contributed by atoms with E-state index in [1.54, 1.807) is 4.90 Å². The summed E-state index contributed by atoms with van der Waals surface area (Å²) in [5.74, 6) is 1.51. The third kappa shape index (κ3) is 6.11. The van der Waals surface area contributed by atoms with Gasteiger partial charge in [-0.05, 0) is 43.4 Å². The molecule has 156 valence electrons. The molecule has 1 N–H and O–H groups in total. The molecule has 1 saturated heterocycles. The molecule has 1 aliphatic carbocycles. The van der Waals surface area contributed by atoms with Gasteiger partial charge in [0.2, 0.25) is 0 Å². The normalized spacial score (nSPS) is 20.0. The summed E-state index contributed by atoms with van der Waals surface area (Å²) >= 11 is 0. The van der Waals surface area contributed by atoms with E-state index in [1.165, 1.54) is 37.7 Å². The van der Waals surface area contributed by atoms with Crippen LogP contribution >= 0.6 is 0 Å². The minimum absolute atomic E-state index is 0.247. The Labute approximate surface area is 168 Å². The van der Waals surface area contributed by atoms with Crippen LogP contribution < -0.4 is 4.74 Å². The molecule has 3 rings (SSSR count). The zero-order valence-electron chi connectivity index (χ0n) is 17.0. The molecule has 6 heteroatoms. The summed E-state index contributed by atoms with van der Waals surface area (Å²) in [5.41, 5.74) is 1.41. The first-order chi connectivity index (χ1) is 13.7. The number of carbonyl (C=O) groups is 1. The fourth-order valence-corrected chi connectivity index (χ4v) is 4.14. The summed E-state index contributed by atoms with van der Waals surface area (Å²) in [6.45, 7) is 5.80. The molecule has 0 bridgehead atoms. The molecule has 0 spiro atoms. The maximum absolute atomic E-state index is 11.7. The SMILES string of the molecule is CCOC(=O)N1CCN(CC(O)COc2ccc(C3CCCCC3)cc2)CC1. The van der Waals surface area contributed by atoms with Crippen LogP contribution in [0, 0.1) is 0 Å². The van der Waals surface area contributed by atoms with E-state index in [-0.39, 0.29) is 12.7 Å². The number of carbonyl (C=O) groups excluding carboxylic acids is 1. The maximum atomic E-state index is 11.7. The summed E-state index contributed by atoms with van der Waals surface area (Å²) in [4.78, 5) is 15.6. The summed E-state index contributed by atoms with van der Waals surface area (Å²) in [6, 6.07) is 8.39. The molecule has 6 nitrogen and oxygen atoms in total. The Morgan fingerprint density at radius 3 is 2.43 bits per heavy atom. The smallest absolute Gasteiger partial charge is 0.409 e. The van der Waals surface area contributed by atoms with Gasteiger partial charge in [0.15, 0.2) is 0 Å². The molecule has 1 aromatic carbocycles.